The highest BCUT2D eigenvalue weighted by atomic mass is 16.5. The quantitative estimate of drug-likeness (QED) is 0.697. The van der Waals surface area contributed by atoms with Crippen molar-refractivity contribution >= 4 is 0 Å². The predicted molar refractivity (Wildman–Crippen MR) is 84.3 cm³/mol. The van der Waals surface area contributed by atoms with E-state index in [-0.39, 0.29) is 11.5 Å². The highest BCUT2D eigenvalue weighted by Gasteiger charge is 2.30. The number of rotatable bonds is 9. The van der Waals surface area contributed by atoms with E-state index in [9.17, 15) is 0 Å². The van der Waals surface area contributed by atoms with Gasteiger partial charge in [-0.25, -0.2) is 0 Å². The van der Waals surface area contributed by atoms with Crippen LogP contribution in [0.25, 0.3) is 0 Å². The minimum absolute atomic E-state index is 0.177. The van der Waals surface area contributed by atoms with Crippen molar-refractivity contribution in [1.29, 1.82) is 0 Å². The maximum absolute atomic E-state index is 5.88. The Morgan fingerprint density at radius 3 is 2.45 bits per heavy atom. The van der Waals surface area contributed by atoms with Crippen molar-refractivity contribution in [2.24, 2.45) is 5.41 Å². The van der Waals surface area contributed by atoms with Crippen molar-refractivity contribution in [3.8, 4) is 5.75 Å². The van der Waals surface area contributed by atoms with Gasteiger partial charge in [-0.2, -0.15) is 0 Å². The van der Waals surface area contributed by atoms with E-state index in [1.54, 1.807) is 7.11 Å². The van der Waals surface area contributed by atoms with Crippen molar-refractivity contribution in [2.75, 3.05) is 26.9 Å². The standard InChI is InChI=1S/C17H29NO2/c1-6-17(3,4)16(18-7-2)14-10-8-9-11-15(14)20-13-12-19-5/h8-11,16,18H,6-7,12-13H2,1-5H3. The van der Waals surface area contributed by atoms with Crippen LogP contribution in [0.1, 0.15) is 45.7 Å². The van der Waals surface area contributed by atoms with Crippen LogP contribution in [-0.2, 0) is 4.74 Å². The molecule has 1 N–H and O–H groups in total. The van der Waals surface area contributed by atoms with E-state index in [1.807, 2.05) is 12.1 Å². The fourth-order valence-electron chi connectivity index (χ4n) is 2.30. The van der Waals surface area contributed by atoms with Crippen molar-refractivity contribution < 1.29 is 9.47 Å². The van der Waals surface area contributed by atoms with E-state index in [0.717, 1.165) is 18.7 Å². The summed E-state index contributed by atoms with van der Waals surface area (Å²) in [4.78, 5) is 0. The molecule has 1 unspecified atom stereocenters. The number of benzene rings is 1. The first-order valence-electron chi connectivity index (χ1n) is 7.50. The minimum atomic E-state index is 0.177. The molecular weight excluding hydrogens is 250 g/mol. The van der Waals surface area contributed by atoms with Gasteiger partial charge in [0, 0.05) is 18.7 Å². The highest BCUT2D eigenvalue weighted by molar-refractivity contribution is 5.37. The molecule has 0 heterocycles. The Morgan fingerprint density at radius 1 is 1.15 bits per heavy atom. The molecule has 0 aliphatic rings. The highest BCUT2D eigenvalue weighted by Crippen LogP contribution is 2.39. The lowest BCUT2D eigenvalue weighted by Crippen LogP contribution is -2.34. The second kappa shape index (κ2) is 8.28. The monoisotopic (exact) mass is 279 g/mol. The fourth-order valence-corrected chi connectivity index (χ4v) is 2.30. The van der Waals surface area contributed by atoms with Crippen molar-refractivity contribution in [3.63, 3.8) is 0 Å². The SMILES string of the molecule is CCNC(c1ccccc1OCCOC)C(C)(C)CC. The maximum Gasteiger partial charge on any atom is 0.124 e. The summed E-state index contributed by atoms with van der Waals surface area (Å²) < 4.78 is 10.9. The van der Waals surface area contributed by atoms with Gasteiger partial charge in [0.2, 0.25) is 0 Å². The molecule has 0 radical (unpaired) electrons. The van der Waals surface area contributed by atoms with Crippen LogP contribution < -0.4 is 10.1 Å². The summed E-state index contributed by atoms with van der Waals surface area (Å²) >= 11 is 0. The Morgan fingerprint density at radius 2 is 1.85 bits per heavy atom. The molecular formula is C17H29NO2. The van der Waals surface area contributed by atoms with Gasteiger partial charge in [0.1, 0.15) is 12.4 Å². The lowest BCUT2D eigenvalue weighted by atomic mass is 9.78. The van der Waals surface area contributed by atoms with Crippen LogP contribution in [0.4, 0.5) is 0 Å². The van der Waals surface area contributed by atoms with Crippen molar-refractivity contribution in [1.82, 2.24) is 5.32 Å². The zero-order chi connectivity index (χ0) is 15.0. The zero-order valence-electron chi connectivity index (χ0n) is 13.5. The van der Waals surface area contributed by atoms with Crippen LogP contribution in [0.5, 0.6) is 5.75 Å². The predicted octanol–water partition coefficient (Wildman–Crippen LogP) is 3.80. The Balaban J connectivity index is 3.00. The molecule has 1 atom stereocenters. The van der Waals surface area contributed by atoms with Gasteiger partial charge in [-0.3, -0.25) is 0 Å². The second-order valence-electron chi connectivity index (χ2n) is 5.71. The lowest BCUT2D eigenvalue weighted by molar-refractivity contribution is 0.143. The molecule has 0 saturated carbocycles. The van der Waals surface area contributed by atoms with Gasteiger partial charge >= 0.3 is 0 Å². The lowest BCUT2D eigenvalue weighted by Gasteiger charge is -2.35. The van der Waals surface area contributed by atoms with Crippen molar-refractivity contribution in [2.45, 2.75) is 40.2 Å². The molecule has 0 aliphatic carbocycles. The third-order valence-electron chi connectivity index (χ3n) is 3.88. The van der Waals surface area contributed by atoms with Gasteiger partial charge < -0.3 is 14.8 Å². The Hall–Kier alpha value is -1.06. The number of nitrogens with one attached hydrogen (secondary N) is 1. The summed E-state index contributed by atoms with van der Waals surface area (Å²) in [6.07, 6.45) is 1.11. The van der Waals surface area contributed by atoms with Gasteiger partial charge in [0.05, 0.1) is 6.61 Å². The van der Waals surface area contributed by atoms with Gasteiger partial charge in [-0.15, -0.1) is 0 Å². The molecule has 1 aromatic rings. The molecule has 3 nitrogen and oxygen atoms in total. The summed E-state index contributed by atoms with van der Waals surface area (Å²) in [7, 11) is 1.69. The molecule has 0 aromatic heterocycles. The van der Waals surface area contributed by atoms with Gasteiger partial charge in [0.25, 0.3) is 0 Å². The second-order valence-corrected chi connectivity index (χ2v) is 5.71. The van der Waals surface area contributed by atoms with Crippen LogP contribution in [-0.4, -0.2) is 26.9 Å². The van der Waals surface area contributed by atoms with Crippen LogP contribution in [0, 0.1) is 5.41 Å². The van der Waals surface area contributed by atoms with Crippen molar-refractivity contribution in [3.05, 3.63) is 29.8 Å². The van der Waals surface area contributed by atoms with Crippen LogP contribution >= 0.6 is 0 Å². The number of hydrogen-bond donors (Lipinski definition) is 1. The van der Waals surface area contributed by atoms with E-state index < -0.39 is 0 Å². The first-order valence-corrected chi connectivity index (χ1v) is 7.50. The van der Waals surface area contributed by atoms with E-state index >= 15 is 0 Å². The molecule has 0 spiro atoms. The average molecular weight is 279 g/mol. The normalized spacial score (nSPS) is 13.2. The third kappa shape index (κ3) is 4.50. The first-order chi connectivity index (χ1) is 9.56. The third-order valence-corrected chi connectivity index (χ3v) is 3.88. The zero-order valence-corrected chi connectivity index (χ0v) is 13.5. The van der Waals surface area contributed by atoms with Crippen LogP contribution in [0.15, 0.2) is 24.3 Å². The first kappa shape index (κ1) is 17.0. The molecule has 1 aromatic carbocycles. The summed E-state index contributed by atoms with van der Waals surface area (Å²) in [5, 5.41) is 3.61. The molecule has 20 heavy (non-hydrogen) atoms. The molecule has 0 saturated heterocycles. The van der Waals surface area contributed by atoms with E-state index in [0.29, 0.717) is 13.2 Å². The van der Waals surface area contributed by atoms with E-state index in [2.05, 4.69) is 45.1 Å². The number of ether oxygens (including phenoxy) is 2. The molecule has 3 heteroatoms. The molecule has 0 aliphatic heterocycles. The average Bonchev–Trinajstić information content (AvgIpc) is 2.45. The number of para-hydroxylation sites is 1. The molecule has 1 rings (SSSR count). The summed E-state index contributed by atoms with van der Waals surface area (Å²) in [6, 6.07) is 8.59. The van der Waals surface area contributed by atoms with Crippen LogP contribution in [0.3, 0.4) is 0 Å². The van der Waals surface area contributed by atoms with E-state index in [1.165, 1.54) is 5.56 Å². The summed E-state index contributed by atoms with van der Waals surface area (Å²) in [6.45, 7) is 11.1. The van der Waals surface area contributed by atoms with E-state index in [4.69, 9.17) is 9.47 Å². The Kier molecular flexibility index (Phi) is 7.03. The van der Waals surface area contributed by atoms with Gasteiger partial charge in [-0.1, -0.05) is 45.9 Å². The van der Waals surface area contributed by atoms with Gasteiger partial charge in [-0.05, 0) is 24.4 Å². The van der Waals surface area contributed by atoms with Gasteiger partial charge in [0.15, 0.2) is 0 Å². The topological polar surface area (TPSA) is 30.5 Å². The molecule has 0 bridgehead atoms. The Bertz CT molecular complexity index is 390. The fraction of sp³-hybridized carbons (Fsp3) is 0.647. The Labute approximate surface area is 123 Å². The minimum Gasteiger partial charge on any atom is -0.491 e. The molecule has 114 valence electrons. The maximum atomic E-state index is 5.88. The summed E-state index contributed by atoms with van der Waals surface area (Å²) in [5.41, 5.74) is 1.41. The molecule has 0 fully saturated rings. The number of hydrogen-bond acceptors (Lipinski definition) is 3. The largest absolute Gasteiger partial charge is 0.491 e. The number of methoxy groups -OCH3 is 1. The molecule has 0 amide bonds. The smallest absolute Gasteiger partial charge is 0.124 e. The summed E-state index contributed by atoms with van der Waals surface area (Å²) in [5.74, 6) is 0.956. The van der Waals surface area contributed by atoms with Crippen LogP contribution in [0.2, 0.25) is 0 Å².